The minimum Gasteiger partial charge on any atom is -0.375 e. The Labute approximate surface area is 177 Å². The molecule has 0 spiro atoms. The van der Waals surface area contributed by atoms with E-state index in [-0.39, 0.29) is 41.6 Å². The number of nitrogens with zero attached hydrogens (tertiary/aromatic N) is 3. The fourth-order valence-corrected chi connectivity index (χ4v) is 4.13. The van der Waals surface area contributed by atoms with Gasteiger partial charge in [0.15, 0.2) is 5.96 Å². The van der Waals surface area contributed by atoms with E-state index in [0.29, 0.717) is 6.54 Å². The molecule has 2 aliphatic heterocycles. The van der Waals surface area contributed by atoms with Gasteiger partial charge in [0.05, 0.1) is 30.0 Å². The van der Waals surface area contributed by atoms with Gasteiger partial charge in [-0.15, -0.1) is 35.3 Å². The Bertz CT molecular complexity index is 596. The lowest BCUT2D eigenvalue weighted by atomic mass is 9.98. The second-order valence-corrected chi connectivity index (χ2v) is 8.56. The van der Waals surface area contributed by atoms with Gasteiger partial charge in [0, 0.05) is 37.5 Å². The lowest BCUT2D eigenvalue weighted by Crippen LogP contribution is -2.53. The van der Waals surface area contributed by atoms with E-state index in [9.17, 15) is 0 Å². The van der Waals surface area contributed by atoms with Crippen LogP contribution in [-0.4, -0.2) is 61.4 Å². The smallest absolute Gasteiger partial charge is 0.194 e. The molecule has 0 radical (unpaired) electrons. The zero-order chi connectivity index (χ0) is 17.9. The van der Waals surface area contributed by atoms with Crippen LogP contribution in [-0.2, 0) is 21.4 Å². The van der Waals surface area contributed by atoms with Crippen LogP contribution in [0.5, 0.6) is 0 Å². The normalized spacial score (nSPS) is 24.5. The third-order valence-electron chi connectivity index (χ3n) is 4.61. The van der Waals surface area contributed by atoms with E-state index in [0.717, 1.165) is 50.8 Å². The fraction of sp³-hybridized carbons (Fsp3) is 0.778. The summed E-state index contributed by atoms with van der Waals surface area (Å²) in [6, 6.07) is 0. The monoisotopic (exact) mass is 494 g/mol. The van der Waals surface area contributed by atoms with Gasteiger partial charge in [-0.25, -0.2) is 4.98 Å². The Hall–Kier alpha value is -0.450. The van der Waals surface area contributed by atoms with Crippen LogP contribution in [0.15, 0.2) is 10.4 Å². The minimum absolute atomic E-state index is 0. The highest BCUT2D eigenvalue weighted by atomic mass is 127. The van der Waals surface area contributed by atoms with Gasteiger partial charge in [0.2, 0.25) is 0 Å². The van der Waals surface area contributed by atoms with Crippen LogP contribution in [0.2, 0.25) is 0 Å². The van der Waals surface area contributed by atoms with Crippen LogP contribution in [0.1, 0.15) is 44.3 Å². The number of hydrogen-bond acceptors (Lipinski definition) is 5. The molecule has 6 nitrogen and oxygen atoms in total. The summed E-state index contributed by atoms with van der Waals surface area (Å²) in [5.41, 5.74) is 1.17. The zero-order valence-corrected chi connectivity index (χ0v) is 19.3. The molecule has 2 atom stereocenters. The number of thiazole rings is 1. The number of guanidine groups is 1. The highest BCUT2D eigenvalue weighted by Crippen LogP contribution is 2.25. The number of nitrogens with one attached hydrogen (secondary N) is 1. The molecule has 0 amide bonds. The molecule has 2 fully saturated rings. The first-order chi connectivity index (χ1) is 12.0. The van der Waals surface area contributed by atoms with Crippen molar-refractivity contribution in [1.82, 2.24) is 15.2 Å². The van der Waals surface area contributed by atoms with Crippen molar-refractivity contribution in [3.05, 3.63) is 16.1 Å². The second-order valence-electron chi connectivity index (χ2n) is 7.70. The average molecular weight is 494 g/mol. The van der Waals surface area contributed by atoms with Crippen molar-refractivity contribution in [2.24, 2.45) is 4.99 Å². The van der Waals surface area contributed by atoms with Crippen LogP contribution in [0, 0.1) is 0 Å². The molecule has 26 heavy (non-hydrogen) atoms. The minimum atomic E-state index is 0. The molecule has 2 aliphatic rings. The van der Waals surface area contributed by atoms with Crippen molar-refractivity contribution in [3.8, 4) is 0 Å². The molecule has 0 aliphatic carbocycles. The van der Waals surface area contributed by atoms with Gasteiger partial charge in [0.1, 0.15) is 6.10 Å². The summed E-state index contributed by atoms with van der Waals surface area (Å²) in [7, 11) is 1.83. The van der Waals surface area contributed by atoms with Gasteiger partial charge in [-0.05, 0) is 12.8 Å². The molecular formula is C18H31IN4O2S. The lowest BCUT2D eigenvalue weighted by molar-refractivity contribution is -0.0817. The van der Waals surface area contributed by atoms with Crippen molar-refractivity contribution in [2.45, 2.75) is 57.8 Å². The Morgan fingerprint density at radius 1 is 1.35 bits per heavy atom. The van der Waals surface area contributed by atoms with Crippen molar-refractivity contribution in [1.29, 1.82) is 0 Å². The van der Waals surface area contributed by atoms with Crippen LogP contribution in [0.3, 0.4) is 0 Å². The van der Waals surface area contributed by atoms with E-state index < -0.39 is 0 Å². The van der Waals surface area contributed by atoms with Crippen LogP contribution in [0.4, 0.5) is 0 Å². The number of hydrogen-bond donors (Lipinski definition) is 1. The number of aliphatic imine (C=N–C) groups is 1. The van der Waals surface area contributed by atoms with Crippen LogP contribution < -0.4 is 5.32 Å². The quantitative estimate of drug-likeness (QED) is 0.398. The summed E-state index contributed by atoms with van der Waals surface area (Å²) in [5.74, 6) is 0.914. The van der Waals surface area contributed by atoms with E-state index in [1.165, 1.54) is 5.01 Å². The highest BCUT2D eigenvalue weighted by molar-refractivity contribution is 14.0. The molecule has 0 aromatic carbocycles. The molecule has 2 unspecified atom stereocenters. The summed E-state index contributed by atoms with van der Waals surface area (Å²) in [6.07, 6.45) is 2.60. The summed E-state index contributed by atoms with van der Waals surface area (Å²) in [5, 5.41) is 6.76. The second kappa shape index (κ2) is 9.66. The van der Waals surface area contributed by atoms with Crippen molar-refractivity contribution >= 4 is 41.3 Å². The SMILES string of the molecule is CN=C(NCc1csc(C(C)(C)C)n1)N1CCOC(C2CCCO2)C1.I. The Balaban J connectivity index is 0.00000243. The summed E-state index contributed by atoms with van der Waals surface area (Å²) >= 11 is 1.73. The maximum Gasteiger partial charge on any atom is 0.194 e. The Morgan fingerprint density at radius 3 is 2.73 bits per heavy atom. The van der Waals surface area contributed by atoms with Gasteiger partial charge in [-0.3, -0.25) is 4.99 Å². The average Bonchev–Trinajstić information content (AvgIpc) is 3.27. The summed E-state index contributed by atoms with van der Waals surface area (Å²) < 4.78 is 11.7. The van der Waals surface area contributed by atoms with E-state index in [1.807, 2.05) is 7.05 Å². The summed E-state index contributed by atoms with van der Waals surface area (Å²) in [6.45, 7) is 10.5. The number of aromatic nitrogens is 1. The maximum atomic E-state index is 5.93. The standard InChI is InChI=1S/C18H30N4O2S.HI/c1-18(2,3)16-21-13(12-25-16)10-20-17(19-4)22-7-9-24-15(11-22)14-6-5-8-23-14;/h12,14-15H,5-11H2,1-4H3,(H,19,20);1H. The van der Waals surface area contributed by atoms with Gasteiger partial charge in [-0.1, -0.05) is 20.8 Å². The zero-order valence-electron chi connectivity index (χ0n) is 16.2. The number of halogens is 1. The number of ether oxygens (including phenoxy) is 2. The molecule has 1 aromatic heterocycles. The van der Waals surface area contributed by atoms with Crippen molar-refractivity contribution in [3.63, 3.8) is 0 Å². The van der Waals surface area contributed by atoms with Gasteiger partial charge >= 0.3 is 0 Å². The Morgan fingerprint density at radius 2 is 2.12 bits per heavy atom. The van der Waals surface area contributed by atoms with Gasteiger partial charge in [0.25, 0.3) is 0 Å². The van der Waals surface area contributed by atoms with Crippen LogP contribution >= 0.6 is 35.3 Å². The molecule has 1 aromatic rings. The van der Waals surface area contributed by atoms with Gasteiger partial charge in [-0.2, -0.15) is 0 Å². The number of rotatable bonds is 3. The molecule has 0 saturated carbocycles. The highest BCUT2D eigenvalue weighted by Gasteiger charge is 2.32. The first-order valence-corrected chi connectivity index (χ1v) is 9.99. The molecule has 3 heterocycles. The lowest BCUT2D eigenvalue weighted by Gasteiger charge is -2.37. The fourth-order valence-electron chi connectivity index (χ4n) is 3.22. The van der Waals surface area contributed by atoms with E-state index in [4.69, 9.17) is 14.5 Å². The van der Waals surface area contributed by atoms with Crippen molar-refractivity contribution in [2.75, 3.05) is 33.4 Å². The third kappa shape index (κ3) is 5.53. The molecule has 1 N–H and O–H groups in total. The third-order valence-corrected chi connectivity index (χ3v) is 5.92. The molecule has 148 valence electrons. The predicted octanol–water partition coefficient (Wildman–Crippen LogP) is 3.01. The predicted molar refractivity (Wildman–Crippen MR) is 117 cm³/mol. The molecule has 0 bridgehead atoms. The van der Waals surface area contributed by atoms with Crippen LogP contribution in [0.25, 0.3) is 0 Å². The maximum absolute atomic E-state index is 5.93. The first kappa shape index (κ1) is 21.8. The van der Waals surface area contributed by atoms with E-state index in [2.05, 4.69) is 41.4 Å². The van der Waals surface area contributed by atoms with E-state index >= 15 is 0 Å². The van der Waals surface area contributed by atoms with E-state index in [1.54, 1.807) is 11.3 Å². The van der Waals surface area contributed by atoms with Gasteiger partial charge < -0.3 is 19.7 Å². The number of morpholine rings is 1. The van der Waals surface area contributed by atoms with Crippen molar-refractivity contribution < 1.29 is 9.47 Å². The first-order valence-electron chi connectivity index (χ1n) is 9.11. The molecule has 2 saturated heterocycles. The Kier molecular flexibility index (Phi) is 8.11. The molecule has 8 heteroatoms. The molecular weight excluding hydrogens is 463 g/mol. The largest absolute Gasteiger partial charge is 0.375 e. The summed E-state index contributed by atoms with van der Waals surface area (Å²) in [4.78, 5) is 11.5. The topological polar surface area (TPSA) is 59.0 Å². The molecule has 3 rings (SSSR count).